The van der Waals surface area contributed by atoms with Crippen LogP contribution in [0.2, 0.25) is 0 Å². The fraction of sp³-hybridized carbons (Fsp3) is 0.188. The maximum atomic E-state index is 13.6. The molecule has 28 heavy (non-hydrogen) atoms. The summed E-state index contributed by atoms with van der Waals surface area (Å²) in [7, 11) is 0. The molecule has 0 aliphatic rings. The molecule has 0 aliphatic carbocycles. The van der Waals surface area contributed by atoms with E-state index in [2.05, 4.69) is 35.5 Å². The minimum Gasteiger partial charge on any atom is -0.337 e. The molecular weight excluding hydrogens is 375 g/mol. The largest absolute Gasteiger partial charge is 0.435 e. The Hall–Kier alpha value is -3.70. The Balaban J connectivity index is 2.02. The summed E-state index contributed by atoms with van der Waals surface area (Å²) in [6, 6.07) is 8.26. The summed E-state index contributed by atoms with van der Waals surface area (Å²) in [4.78, 5) is 11.5. The van der Waals surface area contributed by atoms with Crippen LogP contribution in [0.5, 0.6) is 0 Å². The third-order valence-electron chi connectivity index (χ3n) is 3.51. The summed E-state index contributed by atoms with van der Waals surface area (Å²) in [6.45, 7) is 0.335. The Kier molecular flexibility index (Phi) is 5.67. The van der Waals surface area contributed by atoms with E-state index in [1.54, 1.807) is 47.3 Å². The van der Waals surface area contributed by atoms with E-state index in [0.29, 0.717) is 12.2 Å². The van der Waals surface area contributed by atoms with Gasteiger partial charge in [0.25, 0.3) is 0 Å². The first-order valence-electron chi connectivity index (χ1n) is 7.99. The maximum Gasteiger partial charge on any atom is 0.435 e. The van der Waals surface area contributed by atoms with Crippen molar-refractivity contribution < 1.29 is 13.2 Å². The standard InChI is InChI=1S/C16H14F3N9/c17-16(18,19)14-13(25-24-11-4-2-1-3-5-11)15(26-27-20)23-12(22-14)6-8-28-9-7-21-10-28/h1-5,7,9-10H,6,8H2,(H2,20,22,23,26)/b25-24+. The van der Waals surface area contributed by atoms with Gasteiger partial charge in [-0.1, -0.05) is 23.4 Å². The van der Waals surface area contributed by atoms with Gasteiger partial charge >= 0.3 is 6.18 Å². The highest BCUT2D eigenvalue weighted by molar-refractivity contribution is 5.60. The number of rotatable bonds is 6. The molecular formula is C16H14F3N9. The van der Waals surface area contributed by atoms with E-state index in [4.69, 9.17) is 5.84 Å². The normalized spacial score (nSPS) is 12.2. The molecule has 3 rings (SSSR count). The van der Waals surface area contributed by atoms with Crippen molar-refractivity contribution in [2.24, 2.45) is 26.4 Å². The third-order valence-corrected chi connectivity index (χ3v) is 3.51. The van der Waals surface area contributed by atoms with Gasteiger partial charge < -0.3 is 10.4 Å². The van der Waals surface area contributed by atoms with Gasteiger partial charge in [0.15, 0.2) is 11.4 Å². The molecule has 3 aromatic rings. The first kappa shape index (κ1) is 19.1. The zero-order valence-corrected chi connectivity index (χ0v) is 14.3. The molecule has 144 valence electrons. The van der Waals surface area contributed by atoms with Crippen LogP contribution < -0.4 is 5.84 Å². The van der Waals surface area contributed by atoms with Gasteiger partial charge in [0, 0.05) is 25.4 Å². The first-order valence-corrected chi connectivity index (χ1v) is 7.99. The average molecular weight is 389 g/mol. The van der Waals surface area contributed by atoms with Crippen molar-refractivity contribution in [3.05, 3.63) is 60.6 Å². The molecule has 2 aromatic heterocycles. The van der Waals surface area contributed by atoms with E-state index in [9.17, 15) is 13.2 Å². The molecule has 0 radical (unpaired) electrons. The molecule has 0 atom stereocenters. The lowest BCUT2D eigenvalue weighted by atomic mass is 10.3. The van der Waals surface area contributed by atoms with Crippen LogP contribution >= 0.6 is 0 Å². The number of imidazole rings is 1. The minimum absolute atomic E-state index is 0.0814. The quantitative estimate of drug-likeness (QED) is 0.384. The lowest BCUT2D eigenvalue weighted by Crippen LogP contribution is -2.13. The average Bonchev–Trinajstić information content (AvgIpc) is 3.19. The number of halogens is 3. The highest BCUT2D eigenvalue weighted by Crippen LogP contribution is 2.40. The van der Waals surface area contributed by atoms with Crippen molar-refractivity contribution in [3.63, 3.8) is 0 Å². The predicted molar refractivity (Wildman–Crippen MR) is 92.3 cm³/mol. The molecule has 9 nitrogen and oxygen atoms in total. The summed E-state index contributed by atoms with van der Waals surface area (Å²) in [5, 5.41) is 14.0. The fourth-order valence-corrected chi connectivity index (χ4v) is 2.26. The molecule has 0 saturated carbocycles. The van der Waals surface area contributed by atoms with Crippen LogP contribution in [-0.2, 0) is 19.1 Å². The summed E-state index contributed by atoms with van der Waals surface area (Å²) in [5.74, 6) is 4.54. The van der Waals surface area contributed by atoms with E-state index in [0.717, 1.165) is 0 Å². The van der Waals surface area contributed by atoms with Gasteiger partial charge in [-0.3, -0.25) is 0 Å². The molecule has 1 aromatic carbocycles. The number of nitrogens with two attached hydrogens (primary N) is 1. The molecule has 0 bridgehead atoms. The van der Waals surface area contributed by atoms with Gasteiger partial charge in [-0.15, -0.1) is 10.2 Å². The number of hydrogen-bond acceptors (Lipinski definition) is 7. The monoisotopic (exact) mass is 389 g/mol. The molecule has 2 heterocycles. The highest BCUT2D eigenvalue weighted by Gasteiger charge is 2.38. The van der Waals surface area contributed by atoms with Crippen LogP contribution in [0.1, 0.15) is 11.5 Å². The summed E-state index contributed by atoms with van der Waals surface area (Å²) < 4.78 is 42.4. The second-order valence-corrected chi connectivity index (χ2v) is 5.46. The Bertz CT molecular complexity index is 967. The number of aryl methyl sites for hydroxylation is 2. The van der Waals surface area contributed by atoms with Crippen LogP contribution in [0, 0.1) is 0 Å². The van der Waals surface area contributed by atoms with Gasteiger partial charge in [0.2, 0.25) is 5.82 Å². The molecule has 0 fully saturated rings. The van der Waals surface area contributed by atoms with Crippen LogP contribution in [0.25, 0.3) is 0 Å². The lowest BCUT2D eigenvalue weighted by Gasteiger charge is -2.11. The topological polar surface area (TPSA) is 119 Å². The van der Waals surface area contributed by atoms with Crippen molar-refractivity contribution in [2.75, 3.05) is 0 Å². The molecule has 0 amide bonds. The van der Waals surface area contributed by atoms with Crippen LogP contribution in [0.15, 0.2) is 69.6 Å². The van der Waals surface area contributed by atoms with Crippen LogP contribution in [0.4, 0.5) is 30.4 Å². The number of benzene rings is 1. The summed E-state index contributed by atoms with van der Waals surface area (Å²) in [6.07, 6.45) is 0.0869. The Morgan fingerprint density at radius 1 is 1.04 bits per heavy atom. The Morgan fingerprint density at radius 3 is 2.46 bits per heavy atom. The fourth-order valence-electron chi connectivity index (χ4n) is 2.26. The molecule has 0 unspecified atom stereocenters. The van der Waals surface area contributed by atoms with Crippen molar-refractivity contribution >= 4 is 17.2 Å². The zero-order valence-electron chi connectivity index (χ0n) is 14.3. The number of aromatic nitrogens is 4. The van der Waals surface area contributed by atoms with Gasteiger partial charge in [0.1, 0.15) is 5.82 Å². The first-order chi connectivity index (χ1) is 13.5. The zero-order chi connectivity index (χ0) is 20.0. The Morgan fingerprint density at radius 2 is 1.82 bits per heavy atom. The number of alkyl halides is 3. The maximum absolute atomic E-state index is 13.6. The smallest absolute Gasteiger partial charge is 0.337 e. The van der Waals surface area contributed by atoms with E-state index in [1.807, 2.05) is 0 Å². The number of azo groups is 1. The SMILES string of the molecule is NN=Nc1nc(CCn2ccnc2)nc(C(F)(F)F)c1/N=N/c1ccccc1. The van der Waals surface area contributed by atoms with E-state index in [1.165, 1.54) is 6.33 Å². The molecule has 0 spiro atoms. The van der Waals surface area contributed by atoms with E-state index < -0.39 is 23.4 Å². The summed E-state index contributed by atoms with van der Waals surface area (Å²) in [5.41, 5.74) is -1.56. The van der Waals surface area contributed by atoms with Crippen molar-refractivity contribution in [3.8, 4) is 0 Å². The minimum atomic E-state index is -4.80. The third kappa shape index (κ3) is 4.72. The number of nitrogens with zero attached hydrogens (tertiary/aromatic N) is 8. The number of hydrogen-bond donors (Lipinski definition) is 1. The van der Waals surface area contributed by atoms with Crippen molar-refractivity contribution in [1.29, 1.82) is 0 Å². The second kappa shape index (κ2) is 8.33. The second-order valence-electron chi connectivity index (χ2n) is 5.46. The predicted octanol–water partition coefficient (Wildman–Crippen LogP) is 4.31. The molecule has 2 N–H and O–H groups in total. The van der Waals surface area contributed by atoms with Gasteiger partial charge in [-0.25, -0.2) is 15.0 Å². The van der Waals surface area contributed by atoms with Gasteiger partial charge in [-0.05, 0) is 12.1 Å². The Labute approximate surface area is 156 Å². The van der Waals surface area contributed by atoms with Crippen molar-refractivity contribution in [2.45, 2.75) is 19.1 Å². The lowest BCUT2D eigenvalue weighted by molar-refractivity contribution is -0.140. The molecule has 12 heteroatoms. The summed E-state index contributed by atoms with van der Waals surface area (Å²) >= 11 is 0. The molecule has 0 saturated heterocycles. The van der Waals surface area contributed by atoms with Crippen molar-refractivity contribution in [1.82, 2.24) is 19.5 Å². The van der Waals surface area contributed by atoms with E-state index >= 15 is 0 Å². The van der Waals surface area contributed by atoms with Gasteiger partial charge in [0.05, 0.1) is 12.0 Å². The van der Waals surface area contributed by atoms with Crippen LogP contribution in [0.3, 0.4) is 0 Å². The highest BCUT2D eigenvalue weighted by atomic mass is 19.4. The van der Waals surface area contributed by atoms with Crippen LogP contribution in [-0.4, -0.2) is 19.5 Å². The van der Waals surface area contributed by atoms with Gasteiger partial charge in [-0.2, -0.15) is 18.3 Å². The van der Waals surface area contributed by atoms with E-state index in [-0.39, 0.29) is 12.2 Å². The molecule has 0 aliphatic heterocycles.